The monoisotopic (exact) mass is 359 g/mol. The van der Waals surface area contributed by atoms with Gasteiger partial charge in [-0.1, -0.05) is 0 Å². The van der Waals surface area contributed by atoms with E-state index in [2.05, 4.69) is 43.4 Å². The maximum atomic E-state index is 5.76. The lowest BCUT2D eigenvalue weighted by Crippen LogP contribution is -2.32. The number of nitrogens with zero attached hydrogens (tertiary/aromatic N) is 5. The van der Waals surface area contributed by atoms with Crippen molar-refractivity contribution in [2.75, 3.05) is 29.0 Å². The number of nitrogens with two attached hydrogens (primary N) is 1. The van der Waals surface area contributed by atoms with Crippen LogP contribution in [0, 0.1) is 6.92 Å². The number of nitrogens with one attached hydrogen (secondary N) is 1. The number of anilines is 3. The lowest BCUT2D eigenvalue weighted by atomic mass is 10.1. The van der Waals surface area contributed by atoms with Gasteiger partial charge in [-0.3, -0.25) is 4.98 Å². The maximum absolute atomic E-state index is 5.76. The topological polar surface area (TPSA) is 92.9 Å². The molecular weight excluding hydrogens is 338 g/mol. The molecule has 5 heterocycles. The predicted octanol–water partition coefficient (Wildman–Crippen LogP) is 2.42. The summed E-state index contributed by atoms with van der Waals surface area (Å²) in [6.45, 7) is 4.10. The first-order valence-electron chi connectivity index (χ1n) is 9.22. The first-order chi connectivity index (χ1) is 13.1. The minimum atomic E-state index is 0.299. The summed E-state index contributed by atoms with van der Waals surface area (Å²) in [5.74, 6) is 1.28. The number of pyridine rings is 2. The molecule has 1 saturated heterocycles. The molecule has 7 heteroatoms. The minimum absolute atomic E-state index is 0.299. The van der Waals surface area contributed by atoms with Crippen molar-refractivity contribution in [3.63, 3.8) is 0 Å². The molecule has 0 spiro atoms. The van der Waals surface area contributed by atoms with Gasteiger partial charge in [-0.2, -0.15) is 0 Å². The van der Waals surface area contributed by atoms with Gasteiger partial charge in [0.2, 0.25) is 5.95 Å². The number of fused-ring (bicyclic) bond motifs is 4. The summed E-state index contributed by atoms with van der Waals surface area (Å²) in [5.41, 5.74) is 11.6. The van der Waals surface area contributed by atoms with Crippen molar-refractivity contribution in [2.24, 2.45) is 0 Å². The molecule has 0 saturated carbocycles. The van der Waals surface area contributed by atoms with Crippen LogP contribution in [0.15, 0.2) is 36.5 Å². The van der Waals surface area contributed by atoms with E-state index in [0.29, 0.717) is 18.4 Å². The van der Waals surface area contributed by atoms with E-state index in [9.17, 15) is 0 Å². The number of nitrogen functional groups attached to an aromatic ring is 1. The zero-order valence-electron chi connectivity index (χ0n) is 15.2. The lowest BCUT2D eigenvalue weighted by molar-refractivity contribution is 0.788. The molecular formula is C20H21N7. The molecule has 2 aliphatic rings. The molecule has 0 unspecified atom stereocenters. The highest BCUT2D eigenvalue weighted by Gasteiger charge is 2.30. The SMILES string of the molecule is Cc1cc(Cc2cc(-c3ccc4c(n3)N[C@H]3CCN4C3)ccn2)nc(N)n1. The molecule has 0 aliphatic carbocycles. The Bertz CT molecular complexity index is 997. The fourth-order valence-corrected chi connectivity index (χ4v) is 3.93. The van der Waals surface area contributed by atoms with E-state index in [1.54, 1.807) is 0 Å². The molecule has 0 aromatic carbocycles. The standard InChI is InChI=1S/C20H21N7/c1-12-8-16(25-20(21)23-12)10-15-9-13(4-6-22-15)17-2-3-18-19(26-17)24-14-5-7-27(18)11-14/h2-4,6,8-9,14H,5,7,10-11H2,1H3,(H,24,26)(H2,21,23,25)/t14-/m0/s1. The molecule has 0 amide bonds. The van der Waals surface area contributed by atoms with Crippen molar-refractivity contribution >= 4 is 17.5 Å². The normalized spacial score (nSPS) is 17.5. The predicted molar refractivity (Wildman–Crippen MR) is 106 cm³/mol. The van der Waals surface area contributed by atoms with Crippen LogP contribution in [0.4, 0.5) is 17.5 Å². The fraction of sp³-hybridized carbons (Fsp3) is 0.300. The number of aryl methyl sites for hydroxylation is 1. The van der Waals surface area contributed by atoms with Crippen LogP contribution in [0.2, 0.25) is 0 Å². The highest BCUT2D eigenvalue weighted by atomic mass is 15.3. The summed E-state index contributed by atoms with van der Waals surface area (Å²) in [4.78, 5) is 20.2. The molecule has 2 aliphatic heterocycles. The van der Waals surface area contributed by atoms with E-state index in [4.69, 9.17) is 10.7 Å². The van der Waals surface area contributed by atoms with Crippen molar-refractivity contribution in [1.82, 2.24) is 19.9 Å². The Balaban J connectivity index is 1.45. The highest BCUT2D eigenvalue weighted by molar-refractivity contribution is 5.74. The van der Waals surface area contributed by atoms with E-state index < -0.39 is 0 Å². The second-order valence-corrected chi connectivity index (χ2v) is 7.21. The van der Waals surface area contributed by atoms with Gasteiger partial charge in [-0.25, -0.2) is 15.0 Å². The van der Waals surface area contributed by atoms with Crippen LogP contribution in [0.5, 0.6) is 0 Å². The second-order valence-electron chi connectivity index (χ2n) is 7.21. The molecule has 27 heavy (non-hydrogen) atoms. The molecule has 1 atom stereocenters. The Labute approximate surface area is 157 Å². The van der Waals surface area contributed by atoms with Gasteiger partial charge >= 0.3 is 0 Å². The lowest BCUT2D eigenvalue weighted by Gasteiger charge is -2.28. The van der Waals surface area contributed by atoms with Crippen LogP contribution in [-0.2, 0) is 6.42 Å². The Hall–Kier alpha value is -3.22. The molecule has 3 N–H and O–H groups in total. The number of rotatable bonds is 3. The second kappa shape index (κ2) is 6.19. The van der Waals surface area contributed by atoms with Crippen molar-refractivity contribution in [1.29, 1.82) is 0 Å². The van der Waals surface area contributed by atoms with Crippen LogP contribution in [0.3, 0.4) is 0 Å². The largest absolute Gasteiger partial charge is 0.368 e. The number of hydrogen-bond donors (Lipinski definition) is 2. The number of aromatic nitrogens is 4. The van der Waals surface area contributed by atoms with Gasteiger partial charge in [-0.05, 0) is 43.7 Å². The summed E-state index contributed by atoms with van der Waals surface area (Å²) in [6, 6.07) is 10.8. The van der Waals surface area contributed by atoms with Crippen LogP contribution < -0.4 is 16.0 Å². The van der Waals surface area contributed by atoms with E-state index in [0.717, 1.165) is 47.2 Å². The third-order valence-corrected chi connectivity index (χ3v) is 5.14. The van der Waals surface area contributed by atoms with E-state index in [1.165, 1.54) is 12.1 Å². The van der Waals surface area contributed by atoms with E-state index in [1.807, 2.05) is 25.3 Å². The molecule has 5 rings (SSSR count). The van der Waals surface area contributed by atoms with E-state index in [-0.39, 0.29) is 0 Å². The van der Waals surface area contributed by atoms with Gasteiger partial charge in [0.05, 0.1) is 17.1 Å². The van der Waals surface area contributed by atoms with Crippen LogP contribution >= 0.6 is 0 Å². The third-order valence-electron chi connectivity index (χ3n) is 5.14. The molecule has 2 bridgehead atoms. The maximum Gasteiger partial charge on any atom is 0.220 e. The molecule has 1 fully saturated rings. The van der Waals surface area contributed by atoms with Gasteiger partial charge in [-0.15, -0.1) is 0 Å². The van der Waals surface area contributed by atoms with Crippen molar-refractivity contribution in [3.8, 4) is 11.3 Å². The molecule has 3 aromatic heterocycles. The summed E-state index contributed by atoms with van der Waals surface area (Å²) in [7, 11) is 0. The zero-order valence-corrected chi connectivity index (χ0v) is 15.2. The average molecular weight is 359 g/mol. The van der Waals surface area contributed by atoms with Crippen LogP contribution in [0.1, 0.15) is 23.5 Å². The van der Waals surface area contributed by atoms with Crippen molar-refractivity contribution in [2.45, 2.75) is 25.8 Å². The molecule has 0 radical (unpaired) electrons. The summed E-state index contributed by atoms with van der Waals surface area (Å²) >= 11 is 0. The third kappa shape index (κ3) is 3.05. The Morgan fingerprint density at radius 2 is 2.07 bits per heavy atom. The Kier molecular flexibility index (Phi) is 3.67. The Morgan fingerprint density at radius 1 is 1.15 bits per heavy atom. The van der Waals surface area contributed by atoms with Gasteiger partial charge < -0.3 is 16.0 Å². The smallest absolute Gasteiger partial charge is 0.220 e. The first kappa shape index (κ1) is 16.0. The van der Waals surface area contributed by atoms with Gasteiger partial charge in [0, 0.05) is 48.7 Å². The summed E-state index contributed by atoms with van der Waals surface area (Å²) in [5, 5.41) is 3.57. The molecule has 136 valence electrons. The van der Waals surface area contributed by atoms with Crippen LogP contribution in [-0.4, -0.2) is 39.1 Å². The summed E-state index contributed by atoms with van der Waals surface area (Å²) < 4.78 is 0. The first-order valence-corrected chi connectivity index (χ1v) is 9.22. The molecule has 7 nitrogen and oxygen atoms in total. The summed E-state index contributed by atoms with van der Waals surface area (Å²) in [6.07, 6.45) is 3.61. The quantitative estimate of drug-likeness (QED) is 0.742. The average Bonchev–Trinajstić information content (AvgIpc) is 3.03. The van der Waals surface area contributed by atoms with E-state index >= 15 is 0 Å². The Morgan fingerprint density at radius 3 is 2.96 bits per heavy atom. The van der Waals surface area contributed by atoms with Gasteiger partial charge in [0.15, 0.2) is 5.82 Å². The number of hydrogen-bond acceptors (Lipinski definition) is 7. The highest BCUT2D eigenvalue weighted by Crippen LogP contribution is 2.35. The van der Waals surface area contributed by atoms with Crippen molar-refractivity contribution < 1.29 is 0 Å². The van der Waals surface area contributed by atoms with Gasteiger partial charge in [0.1, 0.15) is 0 Å². The van der Waals surface area contributed by atoms with Crippen LogP contribution in [0.25, 0.3) is 11.3 Å². The minimum Gasteiger partial charge on any atom is -0.368 e. The zero-order chi connectivity index (χ0) is 18.4. The fourth-order valence-electron chi connectivity index (χ4n) is 3.93. The molecule has 3 aromatic rings. The van der Waals surface area contributed by atoms with Crippen molar-refractivity contribution in [3.05, 3.63) is 53.6 Å². The van der Waals surface area contributed by atoms with Gasteiger partial charge in [0.25, 0.3) is 0 Å².